The van der Waals surface area contributed by atoms with Crippen molar-refractivity contribution in [3.63, 3.8) is 0 Å². The second kappa shape index (κ2) is 5.92. The molecule has 0 aromatic carbocycles. The van der Waals surface area contributed by atoms with Crippen molar-refractivity contribution in [2.75, 3.05) is 20.3 Å². The van der Waals surface area contributed by atoms with E-state index in [1.54, 1.807) is 7.11 Å². The zero-order valence-electron chi connectivity index (χ0n) is 4.68. The van der Waals surface area contributed by atoms with Gasteiger partial charge < -0.3 is 9.47 Å². The van der Waals surface area contributed by atoms with Crippen LogP contribution in [0.25, 0.3) is 0 Å². The van der Waals surface area contributed by atoms with Gasteiger partial charge in [-0.15, -0.1) is 0 Å². The van der Waals surface area contributed by atoms with Crippen molar-refractivity contribution in [2.45, 2.75) is 6.42 Å². The van der Waals surface area contributed by atoms with Crippen LogP contribution < -0.4 is 0 Å². The maximum absolute atomic E-state index is 4.76. The fraction of sp³-hybridized carbons (Fsp3) is 0.800. The van der Waals surface area contributed by atoms with E-state index < -0.39 is 0 Å². The van der Waals surface area contributed by atoms with Gasteiger partial charge in [0.25, 0.3) is 0 Å². The molecule has 0 saturated heterocycles. The zero-order valence-corrected chi connectivity index (χ0v) is 4.68. The van der Waals surface area contributed by atoms with E-state index in [-0.39, 0.29) is 0 Å². The van der Waals surface area contributed by atoms with Crippen molar-refractivity contribution in [1.82, 2.24) is 0 Å². The highest BCUT2D eigenvalue weighted by atomic mass is 16.5. The molecule has 2 heteroatoms. The molecule has 1 N–H and O–H groups in total. The van der Waals surface area contributed by atoms with Gasteiger partial charge in [-0.2, -0.15) is 0 Å². The Balaban J connectivity index is 2.45. The topological polar surface area (TPSA) is 22.0 Å². The van der Waals surface area contributed by atoms with Crippen LogP contribution in [0, 0.1) is 7.11 Å². The lowest BCUT2D eigenvalue weighted by Gasteiger charge is -1.96. The average molecular weight is 104 g/mol. The van der Waals surface area contributed by atoms with Crippen molar-refractivity contribution in [3.05, 3.63) is 7.11 Å². The van der Waals surface area contributed by atoms with Crippen molar-refractivity contribution in [2.24, 2.45) is 0 Å². The average Bonchev–Trinajstić information content (AvgIpc) is 1.69. The van der Waals surface area contributed by atoms with Gasteiger partial charge in [-0.3, -0.25) is 0 Å². The number of methoxy groups -OCH3 is 1. The van der Waals surface area contributed by atoms with Gasteiger partial charge in [-0.05, 0) is 0 Å². The highest BCUT2D eigenvalue weighted by Crippen LogP contribution is 1.76. The monoisotopic (exact) mass is 104 g/mol. The van der Waals surface area contributed by atoms with E-state index in [0.717, 1.165) is 19.6 Å². The molecule has 0 aliphatic rings. The minimum absolute atomic E-state index is 0.791. The van der Waals surface area contributed by atoms with Crippen LogP contribution in [-0.4, -0.2) is 25.1 Å². The van der Waals surface area contributed by atoms with Gasteiger partial charge in [0.1, 0.15) is 6.61 Å². The molecule has 0 aliphatic carbocycles. The Labute approximate surface area is 44.4 Å². The summed E-state index contributed by atoms with van der Waals surface area (Å²) in [6.45, 7) is 1.60. The van der Waals surface area contributed by atoms with E-state index in [9.17, 15) is 0 Å². The predicted octanol–water partition coefficient (Wildman–Crippen LogP) is 0.342. The summed E-state index contributed by atoms with van der Waals surface area (Å²) >= 11 is 0. The summed E-state index contributed by atoms with van der Waals surface area (Å²) < 4.78 is 8.40. The van der Waals surface area contributed by atoms with Crippen molar-refractivity contribution < 1.29 is 9.47 Å². The molecule has 0 amide bonds. The molecule has 0 fully saturated rings. The van der Waals surface area contributed by atoms with E-state index in [2.05, 4.69) is 11.8 Å². The summed E-state index contributed by atoms with van der Waals surface area (Å²) in [6.07, 6.45) is 0.986. The molecule has 0 saturated carbocycles. The van der Waals surface area contributed by atoms with E-state index >= 15 is 0 Å². The Hall–Kier alpha value is -0.0800. The predicted molar refractivity (Wildman–Crippen MR) is 28.9 cm³/mol. The summed E-state index contributed by atoms with van der Waals surface area (Å²) in [5.41, 5.74) is 0. The van der Waals surface area contributed by atoms with Crippen molar-refractivity contribution >= 4 is 0 Å². The van der Waals surface area contributed by atoms with Gasteiger partial charge in [-0.1, -0.05) is 7.11 Å². The van der Waals surface area contributed by atoms with E-state index in [1.165, 1.54) is 0 Å². The third kappa shape index (κ3) is 5.92. The van der Waals surface area contributed by atoms with Gasteiger partial charge in [0.15, 0.2) is 0 Å². The van der Waals surface area contributed by atoms with Gasteiger partial charge in [-0.25, -0.2) is 0 Å². The smallest absolute Gasteiger partial charge is 0.121 e. The standard InChI is InChI=1S/C5H12O2/c1-6-4-3-5-7-2/h6H,1,3-5H2,2H3. The number of ether oxygens (including phenoxy) is 2. The number of rotatable bonds is 4. The fourth-order valence-corrected chi connectivity index (χ4v) is 0.321. The second-order valence-corrected chi connectivity index (χ2v) is 1.29. The summed E-state index contributed by atoms with van der Waals surface area (Å²) in [5.74, 6) is 0. The maximum atomic E-state index is 4.76. The first kappa shape index (κ1) is 6.92. The molecule has 0 spiro atoms. The Morgan fingerprint density at radius 3 is 2.86 bits per heavy atom. The first-order valence-corrected chi connectivity index (χ1v) is 2.33. The van der Waals surface area contributed by atoms with Crippen LogP contribution in [0.2, 0.25) is 0 Å². The molecule has 0 rings (SSSR count). The second-order valence-electron chi connectivity index (χ2n) is 1.29. The van der Waals surface area contributed by atoms with Crippen LogP contribution in [0.1, 0.15) is 6.42 Å². The number of hydrogen-bond donors (Lipinski definition) is 0. The Kier molecular flexibility index (Phi) is 5.85. The van der Waals surface area contributed by atoms with E-state index in [4.69, 9.17) is 4.74 Å². The van der Waals surface area contributed by atoms with Crippen LogP contribution in [-0.2, 0) is 4.74 Å². The first-order chi connectivity index (χ1) is 3.41. The van der Waals surface area contributed by atoms with Crippen LogP contribution in [0.3, 0.4) is 0 Å². The molecule has 0 aromatic heterocycles. The Morgan fingerprint density at radius 1 is 1.71 bits per heavy atom. The lowest BCUT2D eigenvalue weighted by molar-refractivity contribution is 0.0388. The van der Waals surface area contributed by atoms with Crippen LogP contribution in [0.5, 0.6) is 0 Å². The highest BCUT2D eigenvalue weighted by molar-refractivity contribution is 4.28. The maximum Gasteiger partial charge on any atom is 0.121 e. The number of aliphatic hydroxyl groups is 2. The fourth-order valence-electron chi connectivity index (χ4n) is 0.321. The minimum atomic E-state index is 0.791. The van der Waals surface area contributed by atoms with Gasteiger partial charge in [0, 0.05) is 13.5 Å². The van der Waals surface area contributed by atoms with Gasteiger partial charge in [0.05, 0.1) is 6.61 Å². The van der Waals surface area contributed by atoms with Crippen LogP contribution in [0.4, 0.5) is 0 Å². The molecule has 0 aromatic rings. The molecule has 44 valence electrons. The Bertz CT molecular complexity index is 25.3. The largest absolute Gasteiger partial charge is 0.582 e. The zero-order chi connectivity index (χ0) is 5.54. The molecule has 0 aliphatic heterocycles. The SMILES string of the molecule is [CH2-][OH+]CCCOC. The molecular formula is C5H12O2. The molecule has 2 nitrogen and oxygen atoms in total. The molecular weight excluding hydrogens is 92.1 g/mol. The quantitative estimate of drug-likeness (QED) is 0.286. The summed E-state index contributed by atoms with van der Waals surface area (Å²) in [4.78, 5) is 0. The third-order valence-electron chi connectivity index (χ3n) is 0.665. The third-order valence-corrected chi connectivity index (χ3v) is 0.665. The molecule has 0 atom stereocenters. The van der Waals surface area contributed by atoms with E-state index in [1.807, 2.05) is 0 Å². The lowest BCUT2D eigenvalue weighted by Crippen LogP contribution is -1.96. The van der Waals surface area contributed by atoms with Crippen molar-refractivity contribution in [3.8, 4) is 0 Å². The molecule has 0 bridgehead atoms. The van der Waals surface area contributed by atoms with Gasteiger partial charge in [0.2, 0.25) is 0 Å². The summed E-state index contributed by atoms with van der Waals surface area (Å²) in [5, 5.41) is 0. The van der Waals surface area contributed by atoms with E-state index in [0.29, 0.717) is 0 Å². The Morgan fingerprint density at radius 2 is 2.43 bits per heavy atom. The molecule has 0 unspecified atom stereocenters. The molecule has 0 radical (unpaired) electrons. The van der Waals surface area contributed by atoms with Gasteiger partial charge >= 0.3 is 0 Å². The molecule has 7 heavy (non-hydrogen) atoms. The summed E-state index contributed by atoms with van der Waals surface area (Å²) in [6, 6.07) is 0. The normalized spacial score (nSPS) is 9.43. The highest BCUT2D eigenvalue weighted by Gasteiger charge is 1.80. The van der Waals surface area contributed by atoms with Crippen molar-refractivity contribution in [1.29, 1.82) is 0 Å². The number of hydrogen-bond acceptors (Lipinski definition) is 1. The summed E-state index contributed by atoms with van der Waals surface area (Å²) in [7, 11) is 5.01. The molecule has 0 heterocycles. The van der Waals surface area contributed by atoms with Crippen LogP contribution in [0.15, 0.2) is 0 Å². The lowest BCUT2D eigenvalue weighted by atomic mass is 10.5. The van der Waals surface area contributed by atoms with Crippen LogP contribution >= 0.6 is 0 Å². The first-order valence-electron chi connectivity index (χ1n) is 2.33. The minimum Gasteiger partial charge on any atom is -0.582 e.